The number of hydrogen-bond acceptors (Lipinski definition) is 5. The van der Waals surface area contributed by atoms with Gasteiger partial charge in [-0.3, -0.25) is 9.80 Å². The Morgan fingerprint density at radius 2 is 1.28 bits per heavy atom. The lowest BCUT2D eigenvalue weighted by Gasteiger charge is -2.22. The van der Waals surface area contributed by atoms with Crippen LogP contribution < -0.4 is 9.47 Å². The van der Waals surface area contributed by atoms with E-state index in [4.69, 9.17) is 9.47 Å². The van der Waals surface area contributed by atoms with E-state index in [1.165, 1.54) is 11.1 Å². The second kappa shape index (κ2) is 12.2. The quantitative estimate of drug-likeness (QED) is 0.463. The van der Waals surface area contributed by atoms with E-state index in [1.807, 2.05) is 43.4 Å². The van der Waals surface area contributed by atoms with E-state index in [-0.39, 0.29) is 6.61 Å². The van der Waals surface area contributed by atoms with Crippen molar-refractivity contribution >= 4 is 0 Å². The van der Waals surface area contributed by atoms with E-state index in [0.717, 1.165) is 25.2 Å². The Kier molecular flexibility index (Phi) is 9.11. The van der Waals surface area contributed by atoms with Gasteiger partial charge in [0.1, 0.15) is 12.7 Å². The molecule has 32 heavy (non-hydrogen) atoms. The Labute approximate surface area is 191 Å². The van der Waals surface area contributed by atoms with Crippen LogP contribution in [-0.2, 0) is 19.6 Å². The molecule has 0 aliphatic heterocycles. The topological polar surface area (TPSA) is 45.2 Å². The lowest BCUT2D eigenvalue weighted by molar-refractivity contribution is 0.0732. The van der Waals surface area contributed by atoms with E-state index in [0.29, 0.717) is 18.0 Å². The van der Waals surface area contributed by atoms with Crippen molar-refractivity contribution in [2.24, 2.45) is 0 Å². The third-order valence-electron chi connectivity index (χ3n) is 5.22. The van der Waals surface area contributed by atoms with Gasteiger partial charge in [0.25, 0.3) is 0 Å². The van der Waals surface area contributed by atoms with Crippen LogP contribution in [0.25, 0.3) is 0 Å². The minimum Gasteiger partial charge on any atom is -0.493 e. The summed E-state index contributed by atoms with van der Waals surface area (Å²) in [6, 6.07) is 26.6. The molecular formula is C27H34N2O3. The maximum atomic E-state index is 10.5. The minimum absolute atomic E-state index is 0.207. The van der Waals surface area contributed by atoms with Crippen LogP contribution in [0.5, 0.6) is 11.5 Å². The molecule has 0 fully saturated rings. The maximum absolute atomic E-state index is 10.5. The molecule has 5 nitrogen and oxygen atoms in total. The van der Waals surface area contributed by atoms with Crippen molar-refractivity contribution in [3.8, 4) is 11.5 Å². The first-order chi connectivity index (χ1) is 15.5. The normalized spacial score (nSPS) is 12.2. The fourth-order valence-corrected chi connectivity index (χ4v) is 3.75. The number of methoxy groups -OCH3 is 1. The number of benzene rings is 3. The number of hydrogen-bond donors (Lipinski definition) is 1. The summed E-state index contributed by atoms with van der Waals surface area (Å²) in [4.78, 5) is 4.35. The van der Waals surface area contributed by atoms with Gasteiger partial charge in [-0.2, -0.15) is 0 Å². The zero-order chi connectivity index (χ0) is 22.8. The largest absolute Gasteiger partial charge is 0.493 e. The van der Waals surface area contributed by atoms with Crippen LogP contribution >= 0.6 is 0 Å². The second-order valence-corrected chi connectivity index (χ2v) is 8.29. The van der Waals surface area contributed by atoms with Crippen molar-refractivity contribution in [1.82, 2.24) is 9.80 Å². The molecule has 3 rings (SSSR count). The SMILES string of the molecule is COc1ccc(CN(C)Cc2ccccc2)cc1OC[C@@H](O)CN(C)Cc1ccccc1. The lowest BCUT2D eigenvalue weighted by Crippen LogP contribution is -2.32. The molecule has 0 amide bonds. The zero-order valence-corrected chi connectivity index (χ0v) is 19.3. The first kappa shape index (κ1) is 23.8. The summed E-state index contributed by atoms with van der Waals surface area (Å²) in [5.74, 6) is 1.33. The number of aliphatic hydroxyl groups is 1. The fourth-order valence-electron chi connectivity index (χ4n) is 3.75. The molecule has 0 unspecified atom stereocenters. The molecule has 0 saturated heterocycles. The fraction of sp³-hybridized carbons (Fsp3) is 0.333. The third-order valence-corrected chi connectivity index (χ3v) is 5.22. The van der Waals surface area contributed by atoms with Gasteiger partial charge in [0, 0.05) is 26.2 Å². The van der Waals surface area contributed by atoms with Crippen LogP contribution in [0.15, 0.2) is 78.9 Å². The molecule has 0 radical (unpaired) electrons. The van der Waals surface area contributed by atoms with Crippen molar-refractivity contribution in [3.05, 3.63) is 95.6 Å². The smallest absolute Gasteiger partial charge is 0.161 e. The molecule has 0 aliphatic carbocycles. The van der Waals surface area contributed by atoms with E-state index >= 15 is 0 Å². The molecular weight excluding hydrogens is 400 g/mol. The Bertz CT molecular complexity index is 934. The molecule has 170 valence electrons. The van der Waals surface area contributed by atoms with Crippen molar-refractivity contribution in [3.63, 3.8) is 0 Å². The molecule has 1 N–H and O–H groups in total. The zero-order valence-electron chi connectivity index (χ0n) is 19.3. The Balaban J connectivity index is 1.53. The van der Waals surface area contributed by atoms with Gasteiger partial charge in [0.05, 0.1) is 7.11 Å². The Hall–Kier alpha value is -2.86. The number of nitrogens with zero attached hydrogens (tertiary/aromatic N) is 2. The van der Waals surface area contributed by atoms with Crippen LogP contribution in [-0.4, -0.2) is 55.4 Å². The monoisotopic (exact) mass is 434 g/mol. The van der Waals surface area contributed by atoms with Gasteiger partial charge in [0.15, 0.2) is 11.5 Å². The third kappa shape index (κ3) is 7.68. The molecule has 0 heterocycles. The summed E-state index contributed by atoms with van der Waals surface area (Å²) < 4.78 is 11.4. The van der Waals surface area contributed by atoms with Crippen molar-refractivity contribution < 1.29 is 14.6 Å². The average molecular weight is 435 g/mol. The van der Waals surface area contributed by atoms with Gasteiger partial charge in [-0.05, 0) is 42.9 Å². The second-order valence-electron chi connectivity index (χ2n) is 8.29. The summed E-state index contributed by atoms with van der Waals surface area (Å²) in [5, 5.41) is 10.5. The van der Waals surface area contributed by atoms with Gasteiger partial charge in [-0.15, -0.1) is 0 Å². The average Bonchev–Trinajstić information content (AvgIpc) is 2.79. The standard InChI is InChI=1S/C27H34N2O3/c1-28(17-22-10-6-4-7-11-22)19-24-14-15-26(31-3)27(16-24)32-21-25(30)20-29(2)18-23-12-8-5-9-13-23/h4-16,25,30H,17-21H2,1-3H3/t25-/m0/s1. The number of rotatable bonds is 12. The van der Waals surface area contributed by atoms with E-state index in [2.05, 4.69) is 59.3 Å². The molecule has 0 saturated carbocycles. The number of likely N-dealkylation sites (N-methyl/N-ethyl adjacent to an activating group) is 1. The van der Waals surface area contributed by atoms with Gasteiger partial charge in [-0.1, -0.05) is 66.7 Å². The van der Waals surface area contributed by atoms with Gasteiger partial charge < -0.3 is 14.6 Å². The molecule has 0 bridgehead atoms. The first-order valence-electron chi connectivity index (χ1n) is 11.0. The predicted molar refractivity (Wildman–Crippen MR) is 129 cm³/mol. The summed E-state index contributed by atoms with van der Waals surface area (Å²) in [7, 11) is 5.73. The van der Waals surface area contributed by atoms with Crippen LogP contribution in [0, 0.1) is 0 Å². The van der Waals surface area contributed by atoms with Crippen molar-refractivity contribution in [2.45, 2.75) is 25.7 Å². The summed E-state index contributed by atoms with van der Waals surface area (Å²) in [6.07, 6.45) is -0.599. The van der Waals surface area contributed by atoms with Crippen molar-refractivity contribution in [1.29, 1.82) is 0 Å². The highest BCUT2D eigenvalue weighted by molar-refractivity contribution is 5.43. The molecule has 5 heteroatoms. The Morgan fingerprint density at radius 3 is 1.88 bits per heavy atom. The number of ether oxygens (including phenoxy) is 2. The molecule has 1 atom stereocenters. The molecule has 0 spiro atoms. The van der Waals surface area contributed by atoms with Gasteiger partial charge >= 0.3 is 0 Å². The number of aliphatic hydroxyl groups excluding tert-OH is 1. The highest BCUT2D eigenvalue weighted by Gasteiger charge is 2.13. The first-order valence-corrected chi connectivity index (χ1v) is 11.0. The van der Waals surface area contributed by atoms with E-state index < -0.39 is 6.10 Å². The van der Waals surface area contributed by atoms with Crippen LogP contribution in [0.4, 0.5) is 0 Å². The van der Waals surface area contributed by atoms with Gasteiger partial charge in [0.2, 0.25) is 0 Å². The summed E-state index contributed by atoms with van der Waals surface area (Å²) in [5.41, 5.74) is 3.63. The minimum atomic E-state index is -0.599. The molecule has 0 aliphatic rings. The van der Waals surface area contributed by atoms with Gasteiger partial charge in [-0.25, -0.2) is 0 Å². The van der Waals surface area contributed by atoms with E-state index in [9.17, 15) is 5.11 Å². The highest BCUT2D eigenvalue weighted by atomic mass is 16.5. The molecule has 0 aromatic heterocycles. The van der Waals surface area contributed by atoms with Crippen LogP contribution in [0.3, 0.4) is 0 Å². The molecule has 3 aromatic rings. The Morgan fingerprint density at radius 1 is 0.719 bits per heavy atom. The van der Waals surface area contributed by atoms with Crippen LogP contribution in [0.1, 0.15) is 16.7 Å². The van der Waals surface area contributed by atoms with Crippen molar-refractivity contribution in [2.75, 3.05) is 34.4 Å². The highest BCUT2D eigenvalue weighted by Crippen LogP contribution is 2.29. The summed E-state index contributed by atoms with van der Waals surface area (Å²) in [6.45, 7) is 3.17. The predicted octanol–water partition coefficient (Wildman–Crippen LogP) is 4.20. The van der Waals surface area contributed by atoms with E-state index in [1.54, 1.807) is 7.11 Å². The summed E-state index contributed by atoms with van der Waals surface area (Å²) >= 11 is 0. The maximum Gasteiger partial charge on any atom is 0.161 e. The lowest BCUT2D eigenvalue weighted by atomic mass is 10.1. The molecule has 3 aromatic carbocycles. The van der Waals surface area contributed by atoms with Crippen LogP contribution in [0.2, 0.25) is 0 Å².